The summed E-state index contributed by atoms with van der Waals surface area (Å²) in [6, 6.07) is 0. The molecule has 1 aliphatic carbocycles. The minimum absolute atomic E-state index is 0.00253. The summed E-state index contributed by atoms with van der Waals surface area (Å²) in [5, 5.41) is 10.4. The fourth-order valence-electron chi connectivity index (χ4n) is 2.16. The Bertz CT molecular complexity index is 305. The van der Waals surface area contributed by atoms with Crippen LogP contribution in [0.3, 0.4) is 0 Å². The molecule has 1 atom stereocenters. The number of aromatic nitrogens is 2. The second kappa shape index (κ2) is 5.26. The molecule has 0 radical (unpaired) electrons. The van der Waals surface area contributed by atoms with Gasteiger partial charge in [0.1, 0.15) is 10.0 Å². The highest BCUT2D eigenvalue weighted by Crippen LogP contribution is 2.30. The molecular formula is C11H17ClN2S. The smallest absolute Gasteiger partial charge is 0.135 e. The van der Waals surface area contributed by atoms with E-state index in [2.05, 4.69) is 10.2 Å². The Morgan fingerprint density at radius 2 is 2.13 bits per heavy atom. The molecule has 4 heteroatoms. The first-order valence-electron chi connectivity index (χ1n) is 5.72. The van der Waals surface area contributed by atoms with E-state index in [-0.39, 0.29) is 5.38 Å². The molecule has 1 aromatic rings. The van der Waals surface area contributed by atoms with Gasteiger partial charge in [-0.2, -0.15) is 0 Å². The third-order valence-electron chi connectivity index (χ3n) is 3.06. The van der Waals surface area contributed by atoms with Gasteiger partial charge in [0, 0.05) is 6.42 Å². The Labute approximate surface area is 100 Å². The summed E-state index contributed by atoms with van der Waals surface area (Å²) in [6.07, 6.45) is 8.04. The Balaban J connectivity index is 1.82. The highest BCUT2D eigenvalue weighted by atomic mass is 35.5. The van der Waals surface area contributed by atoms with E-state index in [0.717, 1.165) is 22.4 Å². The van der Waals surface area contributed by atoms with Crippen molar-refractivity contribution in [1.29, 1.82) is 0 Å². The molecule has 2 nitrogen and oxygen atoms in total. The molecule has 0 aliphatic heterocycles. The van der Waals surface area contributed by atoms with Crippen LogP contribution in [0.15, 0.2) is 0 Å². The topological polar surface area (TPSA) is 25.8 Å². The molecule has 0 bridgehead atoms. The second-order valence-corrected chi connectivity index (χ2v) is 6.09. The van der Waals surface area contributed by atoms with E-state index in [4.69, 9.17) is 11.6 Å². The molecule has 15 heavy (non-hydrogen) atoms. The lowest BCUT2D eigenvalue weighted by Gasteiger charge is -2.05. The Hall–Kier alpha value is -0.150. The highest BCUT2D eigenvalue weighted by molar-refractivity contribution is 7.11. The van der Waals surface area contributed by atoms with E-state index < -0.39 is 0 Å². The molecule has 0 amide bonds. The van der Waals surface area contributed by atoms with E-state index in [0.29, 0.717) is 0 Å². The monoisotopic (exact) mass is 244 g/mol. The van der Waals surface area contributed by atoms with Crippen LogP contribution in [0.25, 0.3) is 0 Å². The van der Waals surface area contributed by atoms with Crippen molar-refractivity contribution in [3.63, 3.8) is 0 Å². The summed E-state index contributed by atoms with van der Waals surface area (Å²) in [4.78, 5) is 0. The maximum atomic E-state index is 5.95. The zero-order chi connectivity index (χ0) is 10.7. The van der Waals surface area contributed by atoms with E-state index in [1.54, 1.807) is 11.3 Å². The fourth-order valence-corrected chi connectivity index (χ4v) is 3.12. The number of hydrogen-bond acceptors (Lipinski definition) is 3. The quantitative estimate of drug-likeness (QED) is 0.750. The van der Waals surface area contributed by atoms with Crippen LogP contribution in [0.2, 0.25) is 0 Å². The molecule has 1 unspecified atom stereocenters. The number of hydrogen-bond donors (Lipinski definition) is 0. The van der Waals surface area contributed by atoms with Crippen LogP contribution in [-0.4, -0.2) is 10.2 Å². The zero-order valence-electron chi connectivity index (χ0n) is 9.08. The average molecular weight is 245 g/mol. The van der Waals surface area contributed by atoms with Crippen molar-refractivity contribution >= 4 is 22.9 Å². The van der Waals surface area contributed by atoms with Crippen LogP contribution >= 0.6 is 22.9 Å². The van der Waals surface area contributed by atoms with E-state index in [1.165, 1.54) is 32.1 Å². The van der Waals surface area contributed by atoms with Crippen LogP contribution in [0, 0.1) is 5.92 Å². The first-order valence-corrected chi connectivity index (χ1v) is 6.97. The molecule has 1 aromatic heterocycles. The predicted octanol–water partition coefficient (Wildman–Crippen LogP) is 3.96. The van der Waals surface area contributed by atoms with E-state index >= 15 is 0 Å². The van der Waals surface area contributed by atoms with Crippen molar-refractivity contribution in [3.05, 3.63) is 10.0 Å². The van der Waals surface area contributed by atoms with Crippen LogP contribution in [0.1, 0.15) is 54.4 Å². The maximum Gasteiger partial charge on any atom is 0.135 e. The minimum atomic E-state index is 0.00253. The molecule has 0 spiro atoms. The lowest BCUT2D eigenvalue weighted by atomic mass is 10.0. The Morgan fingerprint density at radius 1 is 1.40 bits per heavy atom. The number of halogens is 1. The lowest BCUT2D eigenvalue weighted by Crippen LogP contribution is -1.95. The lowest BCUT2D eigenvalue weighted by molar-refractivity contribution is 0.502. The molecular weight excluding hydrogens is 228 g/mol. The SMILES string of the molecule is CC(Cl)c1nnc(CCC2CCCC2)s1. The number of aryl methyl sites for hydroxylation is 1. The molecule has 1 fully saturated rings. The number of alkyl halides is 1. The molecule has 1 heterocycles. The van der Waals surface area contributed by atoms with Crippen LogP contribution < -0.4 is 0 Å². The second-order valence-electron chi connectivity index (χ2n) is 4.34. The van der Waals surface area contributed by atoms with Crippen LogP contribution in [0.4, 0.5) is 0 Å². The third kappa shape index (κ3) is 3.15. The third-order valence-corrected chi connectivity index (χ3v) is 4.57. The van der Waals surface area contributed by atoms with E-state index in [1.807, 2.05) is 6.92 Å². The summed E-state index contributed by atoms with van der Waals surface area (Å²) < 4.78 is 0. The van der Waals surface area contributed by atoms with Crippen molar-refractivity contribution < 1.29 is 0 Å². The van der Waals surface area contributed by atoms with Gasteiger partial charge in [-0.15, -0.1) is 21.8 Å². The van der Waals surface area contributed by atoms with Gasteiger partial charge in [-0.05, 0) is 19.3 Å². The van der Waals surface area contributed by atoms with Crippen molar-refractivity contribution in [2.24, 2.45) is 5.92 Å². The molecule has 0 N–H and O–H groups in total. The molecule has 1 saturated carbocycles. The first-order chi connectivity index (χ1) is 7.25. The molecule has 1 aliphatic rings. The van der Waals surface area contributed by atoms with Gasteiger partial charge in [-0.3, -0.25) is 0 Å². The van der Waals surface area contributed by atoms with Gasteiger partial charge < -0.3 is 0 Å². The van der Waals surface area contributed by atoms with Gasteiger partial charge in [0.25, 0.3) is 0 Å². The summed E-state index contributed by atoms with van der Waals surface area (Å²) in [5.41, 5.74) is 0. The Kier molecular flexibility index (Phi) is 3.98. The highest BCUT2D eigenvalue weighted by Gasteiger charge is 2.16. The normalized spacial score (nSPS) is 19.6. The predicted molar refractivity (Wildman–Crippen MR) is 64.5 cm³/mol. The van der Waals surface area contributed by atoms with Crippen molar-refractivity contribution in [3.8, 4) is 0 Å². The fraction of sp³-hybridized carbons (Fsp3) is 0.818. The standard InChI is InChI=1S/C11H17ClN2S/c1-8(12)11-14-13-10(15-11)7-6-9-4-2-3-5-9/h8-9H,2-7H2,1H3. The molecule has 0 saturated heterocycles. The van der Waals surface area contributed by atoms with Crippen molar-refractivity contribution in [2.45, 2.75) is 50.8 Å². The van der Waals surface area contributed by atoms with Gasteiger partial charge in [-0.1, -0.05) is 37.0 Å². The first kappa shape index (κ1) is 11.3. The van der Waals surface area contributed by atoms with Gasteiger partial charge in [0.2, 0.25) is 0 Å². The van der Waals surface area contributed by atoms with Crippen molar-refractivity contribution in [2.75, 3.05) is 0 Å². The van der Waals surface area contributed by atoms with Crippen LogP contribution in [-0.2, 0) is 6.42 Å². The summed E-state index contributed by atoms with van der Waals surface area (Å²) >= 11 is 7.62. The number of rotatable bonds is 4. The largest absolute Gasteiger partial charge is 0.144 e. The van der Waals surface area contributed by atoms with Gasteiger partial charge in [0.05, 0.1) is 5.38 Å². The van der Waals surface area contributed by atoms with Crippen molar-refractivity contribution in [1.82, 2.24) is 10.2 Å². The Morgan fingerprint density at radius 3 is 2.73 bits per heavy atom. The zero-order valence-corrected chi connectivity index (χ0v) is 10.7. The number of nitrogens with zero attached hydrogens (tertiary/aromatic N) is 2. The summed E-state index contributed by atoms with van der Waals surface area (Å²) in [7, 11) is 0. The average Bonchev–Trinajstić information content (AvgIpc) is 2.86. The summed E-state index contributed by atoms with van der Waals surface area (Å²) in [5.74, 6) is 0.936. The van der Waals surface area contributed by atoms with Gasteiger partial charge in [0.15, 0.2) is 0 Å². The van der Waals surface area contributed by atoms with Gasteiger partial charge in [-0.25, -0.2) is 0 Å². The maximum absolute atomic E-state index is 5.95. The van der Waals surface area contributed by atoms with E-state index in [9.17, 15) is 0 Å². The molecule has 0 aromatic carbocycles. The minimum Gasteiger partial charge on any atom is -0.144 e. The molecule has 84 valence electrons. The van der Waals surface area contributed by atoms with Gasteiger partial charge >= 0.3 is 0 Å². The van der Waals surface area contributed by atoms with Crippen LogP contribution in [0.5, 0.6) is 0 Å². The molecule has 2 rings (SSSR count). The summed E-state index contributed by atoms with van der Waals surface area (Å²) in [6.45, 7) is 1.95.